The Balaban J connectivity index is 2.65. The maximum atomic E-state index is 12.4. The fourth-order valence-corrected chi connectivity index (χ4v) is 2.81. The first-order valence-electron chi connectivity index (χ1n) is 9.93. The van der Waals surface area contributed by atoms with Crippen LogP contribution < -0.4 is 16.4 Å². The number of aliphatic hydroxyl groups excluding tert-OH is 1. The average molecular weight is 392 g/mol. The van der Waals surface area contributed by atoms with Crippen molar-refractivity contribution in [2.75, 3.05) is 0 Å². The molecule has 0 aliphatic rings. The van der Waals surface area contributed by atoms with Gasteiger partial charge in [-0.15, -0.1) is 0 Å². The van der Waals surface area contributed by atoms with Gasteiger partial charge in [0.15, 0.2) is 6.10 Å². The Morgan fingerprint density at radius 2 is 1.75 bits per heavy atom. The van der Waals surface area contributed by atoms with Crippen LogP contribution in [0.4, 0.5) is 0 Å². The van der Waals surface area contributed by atoms with E-state index in [1.54, 1.807) is 6.92 Å². The van der Waals surface area contributed by atoms with Gasteiger partial charge in [-0.2, -0.15) is 0 Å². The Labute approximate surface area is 167 Å². The van der Waals surface area contributed by atoms with Crippen LogP contribution in [0.25, 0.3) is 0 Å². The molecule has 3 atom stereocenters. The second-order valence-corrected chi connectivity index (χ2v) is 7.17. The van der Waals surface area contributed by atoms with E-state index in [1.807, 2.05) is 30.3 Å². The number of carbonyl (C=O) groups is 3. The van der Waals surface area contributed by atoms with Crippen LogP contribution in [0.3, 0.4) is 0 Å². The van der Waals surface area contributed by atoms with Gasteiger partial charge < -0.3 is 21.5 Å². The summed E-state index contributed by atoms with van der Waals surface area (Å²) in [4.78, 5) is 35.7. The van der Waals surface area contributed by atoms with E-state index in [2.05, 4.69) is 17.6 Å². The molecule has 0 aliphatic carbocycles. The van der Waals surface area contributed by atoms with Gasteiger partial charge in [-0.3, -0.25) is 14.4 Å². The van der Waals surface area contributed by atoms with Crippen LogP contribution in [0, 0.1) is 5.92 Å². The van der Waals surface area contributed by atoms with Crippen molar-refractivity contribution in [3.8, 4) is 0 Å². The highest BCUT2D eigenvalue weighted by atomic mass is 16.3. The Morgan fingerprint density at radius 1 is 1.07 bits per heavy atom. The smallest absolute Gasteiger partial charge is 0.251 e. The number of nitrogens with one attached hydrogen (secondary N) is 2. The minimum Gasteiger partial charge on any atom is -0.381 e. The van der Waals surface area contributed by atoms with Crippen molar-refractivity contribution >= 4 is 17.7 Å². The Bertz CT molecular complexity index is 621. The van der Waals surface area contributed by atoms with E-state index in [4.69, 9.17) is 5.73 Å². The molecule has 0 saturated heterocycles. The molecule has 28 heavy (non-hydrogen) atoms. The Kier molecular flexibility index (Phi) is 10.9. The monoisotopic (exact) mass is 391 g/mol. The summed E-state index contributed by atoms with van der Waals surface area (Å²) in [5, 5.41) is 16.0. The van der Waals surface area contributed by atoms with Gasteiger partial charge in [-0.25, -0.2) is 0 Å². The second-order valence-electron chi connectivity index (χ2n) is 7.17. The third-order valence-corrected chi connectivity index (χ3v) is 4.68. The molecule has 0 radical (unpaired) electrons. The van der Waals surface area contributed by atoms with Crippen molar-refractivity contribution in [1.82, 2.24) is 10.6 Å². The third kappa shape index (κ3) is 8.99. The number of amides is 3. The average Bonchev–Trinajstić information content (AvgIpc) is 2.69. The van der Waals surface area contributed by atoms with Gasteiger partial charge in [-0.05, 0) is 18.4 Å². The summed E-state index contributed by atoms with van der Waals surface area (Å²) in [6, 6.07) is 8.73. The molecule has 0 aromatic heterocycles. The van der Waals surface area contributed by atoms with Crippen molar-refractivity contribution in [3.63, 3.8) is 0 Å². The van der Waals surface area contributed by atoms with E-state index in [1.165, 1.54) is 0 Å². The molecule has 0 heterocycles. The van der Waals surface area contributed by atoms with Crippen molar-refractivity contribution in [1.29, 1.82) is 0 Å². The first-order valence-corrected chi connectivity index (χ1v) is 9.93. The molecule has 0 saturated carbocycles. The zero-order chi connectivity index (χ0) is 20.9. The summed E-state index contributed by atoms with van der Waals surface area (Å²) in [6.45, 7) is 4.06. The highest BCUT2D eigenvalue weighted by molar-refractivity contribution is 5.84. The van der Waals surface area contributed by atoms with Crippen molar-refractivity contribution in [3.05, 3.63) is 35.9 Å². The van der Waals surface area contributed by atoms with Crippen LogP contribution in [0.15, 0.2) is 30.3 Å². The number of carbonyl (C=O) groups excluding carboxylic acids is 3. The summed E-state index contributed by atoms with van der Waals surface area (Å²) in [7, 11) is 0. The molecule has 7 nitrogen and oxygen atoms in total. The number of hydrogen-bond donors (Lipinski definition) is 4. The van der Waals surface area contributed by atoms with E-state index in [9.17, 15) is 19.5 Å². The number of rotatable bonds is 13. The lowest BCUT2D eigenvalue weighted by Gasteiger charge is -2.25. The fraction of sp³-hybridized carbons (Fsp3) is 0.571. The van der Waals surface area contributed by atoms with Gasteiger partial charge in [0.1, 0.15) is 0 Å². The maximum Gasteiger partial charge on any atom is 0.251 e. The summed E-state index contributed by atoms with van der Waals surface area (Å²) >= 11 is 0. The molecule has 156 valence electrons. The van der Waals surface area contributed by atoms with E-state index in [0.717, 1.165) is 24.8 Å². The standard InChI is InChI=1S/C21H33N3O4/c1-3-4-6-11-17(24-20(27)15(2)12-13-18(22)25)19(26)21(28)23-14-16-9-7-5-8-10-16/h5,7-10,15,17,19,26H,3-4,6,11-14H2,1-2H3,(H2,22,25)(H,23,28)(H,24,27). The molecule has 0 fully saturated rings. The summed E-state index contributed by atoms with van der Waals surface area (Å²) in [5.74, 6) is -1.70. The molecule has 7 heteroatoms. The van der Waals surface area contributed by atoms with Gasteiger partial charge in [0.25, 0.3) is 5.91 Å². The first kappa shape index (κ1) is 23.6. The van der Waals surface area contributed by atoms with Crippen molar-refractivity contribution < 1.29 is 19.5 Å². The van der Waals surface area contributed by atoms with Gasteiger partial charge in [0.05, 0.1) is 6.04 Å². The summed E-state index contributed by atoms with van der Waals surface area (Å²) in [6.07, 6.45) is 2.35. The zero-order valence-electron chi connectivity index (χ0n) is 16.8. The molecule has 3 amide bonds. The molecule has 1 aromatic carbocycles. The number of aliphatic hydroxyl groups is 1. The van der Waals surface area contributed by atoms with Crippen LogP contribution in [-0.2, 0) is 20.9 Å². The lowest BCUT2D eigenvalue weighted by atomic mass is 9.99. The molecular formula is C21H33N3O4. The minimum absolute atomic E-state index is 0.120. The number of benzene rings is 1. The molecule has 3 unspecified atom stereocenters. The SMILES string of the molecule is CCCCCC(NC(=O)C(C)CCC(N)=O)C(O)C(=O)NCc1ccccc1. The predicted octanol–water partition coefficient (Wildman–Crippen LogP) is 1.63. The highest BCUT2D eigenvalue weighted by Gasteiger charge is 2.28. The first-order chi connectivity index (χ1) is 13.3. The highest BCUT2D eigenvalue weighted by Crippen LogP contribution is 2.11. The number of hydrogen-bond acceptors (Lipinski definition) is 4. The predicted molar refractivity (Wildman–Crippen MR) is 108 cm³/mol. The van der Waals surface area contributed by atoms with E-state index < -0.39 is 29.9 Å². The van der Waals surface area contributed by atoms with E-state index in [0.29, 0.717) is 19.4 Å². The van der Waals surface area contributed by atoms with Crippen molar-refractivity contribution in [2.45, 2.75) is 71.1 Å². The van der Waals surface area contributed by atoms with Crippen LogP contribution >= 0.6 is 0 Å². The maximum absolute atomic E-state index is 12.4. The van der Waals surface area contributed by atoms with Crippen molar-refractivity contribution in [2.24, 2.45) is 11.7 Å². The van der Waals surface area contributed by atoms with Crippen LogP contribution in [0.5, 0.6) is 0 Å². The Hall–Kier alpha value is -2.41. The number of nitrogens with two attached hydrogens (primary N) is 1. The molecule has 5 N–H and O–H groups in total. The van der Waals surface area contributed by atoms with Gasteiger partial charge in [0.2, 0.25) is 11.8 Å². The van der Waals surface area contributed by atoms with E-state index in [-0.39, 0.29) is 12.3 Å². The normalized spacial score (nSPS) is 14.0. The zero-order valence-corrected chi connectivity index (χ0v) is 16.8. The Morgan fingerprint density at radius 3 is 2.36 bits per heavy atom. The van der Waals surface area contributed by atoms with Crippen LogP contribution in [0.2, 0.25) is 0 Å². The molecule has 0 aliphatic heterocycles. The minimum atomic E-state index is -1.34. The second kappa shape index (κ2) is 12.9. The summed E-state index contributed by atoms with van der Waals surface area (Å²) < 4.78 is 0. The van der Waals surface area contributed by atoms with Gasteiger partial charge in [0, 0.05) is 18.9 Å². The number of primary amides is 1. The summed E-state index contributed by atoms with van der Waals surface area (Å²) in [5.41, 5.74) is 6.05. The van der Waals surface area contributed by atoms with Gasteiger partial charge >= 0.3 is 0 Å². The molecule has 0 spiro atoms. The van der Waals surface area contributed by atoms with E-state index >= 15 is 0 Å². The molecule has 0 bridgehead atoms. The third-order valence-electron chi connectivity index (χ3n) is 4.68. The lowest BCUT2D eigenvalue weighted by Crippen LogP contribution is -2.51. The largest absolute Gasteiger partial charge is 0.381 e. The molecular weight excluding hydrogens is 358 g/mol. The number of unbranched alkanes of at least 4 members (excludes halogenated alkanes) is 2. The van der Waals surface area contributed by atoms with Crippen LogP contribution in [0.1, 0.15) is 57.9 Å². The van der Waals surface area contributed by atoms with Gasteiger partial charge in [-0.1, -0.05) is 63.4 Å². The lowest BCUT2D eigenvalue weighted by molar-refractivity contribution is -0.133. The van der Waals surface area contributed by atoms with Crippen LogP contribution in [-0.4, -0.2) is 35.0 Å². The molecule has 1 aromatic rings. The topological polar surface area (TPSA) is 122 Å². The fourth-order valence-electron chi connectivity index (χ4n) is 2.81. The quantitative estimate of drug-likeness (QED) is 0.382. The molecule has 1 rings (SSSR count).